The van der Waals surface area contributed by atoms with Crippen LogP contribution in [0.25, 0.3) is 0 Å². The second kappa shape index (κ2) is 19.2. The van der Waals surface area contributed by atoms with Crippen LogP contribution in [0.3, 0.4) is 0 Å². The summed E-state index contributed by atoms with van der Waals surface area (Å²) in [6.45, 7) is 2.65. The lowest BCUT2D eigenvalue weighted by molar-refractivity contribution is -0.855. The van der Waals surface area contributed by atoms with Crippen LogP contribution in [-0.4, -0.2) is 29.6 Å². The van der Waals surface area contributed by atoms with Crippen molar-refractivity contribution in [2.45, 2.75) is 116 Å². The molecular formula is C20H43NO3. The molecule has 4 nitrogen and oxygen atoms in total. The Morgan fingerprint density at radius 2 is 0.958 bits per heavy atom. The van der Waals surface area contributed by atoms with E-state index in [0.717, 1.165) is 12.8 Å². The van der Waals surface area contributed by atoms with Gasteiger partial charge in [-0.3, -0.25) is 0 Å². The smallest absolute Gasteiger partial charge is 0.202 e. The molecule has 0 bridgehead atoms. The molecule has 3 N–H and O–H groups in total. The zero-order chi connectivity index (χ0) is 17.9. The van der Waals surface area contributed by atoms with E-state index in [1.54, 1.807) is 0 Å². The van der Waals surface area contributed by atoms with Gasteiger partial charge in [-0.1, -0.05) is 96.8 Å². The van der Waals surface area contributed by atoms with E-state index >= 15 is 0 Å². The van der Waals surface area contributed by atoms with Crippen LogP contribution < -0.4 is 5.06 Å². The molecule has 0 saturated heterocycles. The predicted molar refractivity (Wildman–Crippen MR) is 102 cm³/mol. The number of rotatable bonds is 19. The summed E-state index contributed by atoms with van der Waals surface area (Å²) in [6.07, 6.45) is 19.7. The highest BCUT2D eigenvalue weighted by atomic mass is 16.5. The molecule has 1 atom stereocenters. The van der Waals surface area contributed by atoms with E-state index < -0.39 is 6.29 Å². The minimum atomic E-state index is -1.47. The van der Waals surface area contributed by atoms with E-state index in [4.69, 9.17) is 10.2 Å². The largest absolute Gasteiger partial charge is 0.634 e. The van der Waals surface area contributed by atoms with Crippen LogP contribution >= 0.6 is 0 Å². The Kier molecular flexibility index (Phi) is 19.0. The molecule has 0 aromatic rings. The third kappa shape index (κ3) is 19.9. The molecule has 0 fully saturated rings. The number of aliphatic hydroxyl groups is 2. The average Bonchev–Trinajstić information content (AvgIpc) is 2.53. The zero-order valence-corrected chi connectivity index (χ0v) is 16.1. The van der Waals surface area contributed by atoms with Gasteiger partial charge >= 0.3 is 0 Å². The standard InChI is InChI=1S/C20H43NO3/c1-2-3-4-5-6-7-8-9-10-11-12-13-14-15-16-17-18-21(24)19-20(22)23/h20-23H,2-19H2,1H3. The monoisotopic (exact) mass is 345 g/mol. The van der Waals surface area contributed by atoms with Crippen molar-refractivity contribution in [2.75, 3.05) is 13.1 Å². The van der Waals surface area contributed by atoms with Crippen molar-refractivity contribution >= 4 is 0 Å². The third-order valence-electron chi connectivity index (χ3n) is 4.72. The minimum Gasteiger partial charge on any atom is -0.634 e. The van der Waals surface area contributed by atoms with Gasteiger partial charge in [0.2, 0.25) is 6.29 Å². The highest BCUT2D eigenvalue weighted by molar-refractivity contribution is 4.50. The molecule has 0 saturated carbocycles. The molecular weight excluding hydrogens is 302 g/mol. The highest BCUT2D eigenvalue weighted by Gasteiger charge is 2.03. The third-order valence-corrected chi connectivity index (χ3v) is 4.72. The van der Waals surface area contributed by atoms with Crippen molar-refractivity contribution in [3.63, 3.8) is 0 Å². The van der Waals surface area contributed by atoms with Crippen molar-refractivity contribution in [1.29, 1.82) is 0 Å². The van der Waals surface area contributed by atoms with E-state index in [2.05, 4.69) is 6.92 Å². The molecule has 0 aliphatic rings. The Labute approximate surface area is 150 Å². The molecule has 0 aliphatic carbocycles. The van der Waals surface area contributed by atoms with Crippen LogP contribution in [0.1, 0.15) is 110 Å². The Morgan fingerprint density at radius 1 is 0.625 bits per heavy atom. The molecule has 1 unspecified atom stereocenters. The normalized spacial score (nSPS) is 12.9. The number of aliphatic hydroxyl groups excluding tert-OH is 1. The second-order valence-corrected chi connectivity index (χ2v) is 7.28. The van der Waals surface area contributed by atoms with Crippen LogP contribution in [0.5, 0.6) is 0 Å². The van der Waals surface area contributed by atoms with Crippen LogP contribution in [0.2, 0.25) is 0 Å². The molecule has 24 heavy (non-hydrogen) atoms. The van der Waals surface area contributed by atoms with E-state index in [9.17, 15) is 5.21 Å². The molecule has 0 rings (SSSR count). The molecule has 0 aliphatic heterocycles. The quantitative estimate of drug-likeness (QED) is 0.189. The van der Waals surface area contributed by atoms with Gasteiger partial charge in [-0.25, -0.2) is 0 Å². The van der Waals surface area contributed by atoms with Gasteiger partial charge in [0.25, 0.3) is 0 Å². The van der Waals surface area contributed by atoms with Crippen LogP contribution in [-0.2, 0) is 0 Å². The number of unbranched alkanes of at least 4 members (excludes halogenated alkanes) is 15. The lowest BCUT2D eigenvalue weighted by Gasteiger charge is -2.22. The van der Waals surface area contributed by atoms with Crippen LogP contribution in [0.15, 0.2) is 0 Å². The molecule has 0 amide bonds. The second-order valence-electron chi connectivity index (χ2n) is 7.28. The summed E-state index contributed by atoms with van der Waals surface area (Å²) in [6, 6.07) is 0. The fourth-order valence-electron chi connectivity index (χ4n) is 3.18. The summed E-state index contributed by atoms with van der Waals surface area (Å²) < 4.78 is 0. The maximum atomic E-state index is 11.3. The van der Waals surface area contributed by atoms with E-state index in [1.807, 2.05) is 0 Å². The Balaban J connectivity index is 3.05. The average molecular weight is 346 g/mol. The Hall–Kier alpha value is -0.160. The molecule has 0 heterocycles. The minimum absolute atomic E-state index is 0.0321. The molecule has 0 aromatic heterocycles. The molecule has 4 heteroatoms. The van der Waals surface area contributed by atoms with E-state index in [-0.39, 0.29) is 11.6 Å². The maximum Gasteiger partial charge on any atom is 0.202 e. The van der Waals surface area contributed by atoms with Crippen molar-refractivity contribution in [2.24, 2.45) is 0 Å². The zero-order valence-electron chi connectivity index (χ0n) is 16.1. The van der Waals surface area contributed by atoms with Gasteiger partial charge in [0.05, 0.1) is 6.54 Å². The number of quaternary nitrogens is 1. The molecule has 0 aromatic carbocycles. The highest BCUT2D eigenvalue weighted by Crippen LogP contribution is 2.13. The lowest BCUT2D eigenvalue weighted by atomic mass is 10.0. The Morgan fingerprint density at radius 3 is 1.29 bits per heavy atom. The van der Waals surface area contributed by atoms with Gasteiger partial charge < -0.3 is 20.5 Å². The first-order valence-electron chi connectivity index (χ1n) is 10.5. The van der Waals surface area contributed by atoms with Crippen LogP contribution in [0.4, 0.5) is 0 Å². The van der Waals surface area contributed by atoms with Crippen molar-refractivity contribution in [1.82, 2.24) is 0 Å². The van der Waals surface area contributed by atoms with Gasteiger partial charge in [0, 0.05) is 0 Å². The first-order valence-corrected chi connectivity index (χ1v) is 10.5. The topological polar surface area (TPSA) is 68.0 Å². The van der Waals surface area contributed by atoms with Crippen molar-refractivity contribution in [3.05, 3.63) is 5.21 Å². The van der Waals surface area contributed by atoms with Gasteiger partial charge in [-0.05, 0) is 12.8 Å². The number of hydrogen-bond donors (Lipinski definition) is 3. The fourth-order valence-corrected chi connectivity index (χ4v) is 3.18. The van der Waals surface area contributed by atoms with E-state index in [1.165, 1.54) is 89.9 Å². The number of hydrogen-bond acceptors (Lipinski definition) is 3. The first kappa shape index (κ1) is 23.8. The first-order chi connectivity index (χ1) is 11.7. The summed E-state index contributed by atoms with van der Waals surface area (Å²) in [4.78, 5) is 0. The molecule has 146 valence electrons. The fraction of sp³-hybridized carbons (Fsp3) is 1.00. The van der Waals surface area contributed by atoms with Gasteiger partial charge in [0.15, 0.2) is 0 Å². The van der Waals surface area contributed by atoms with Gasteiger partial charge in [0.1, 0.15) is 6.54 Å². The maximum absolute atomic E-state index is 11.3. The summed E-state index contributed by atoms with van der Waals surface area (Å²) in [5.74, 6) is 0. The predicted octanol–water partition coefficient (Wildman–Crippen LogP) is 3.94. The van der Waals surface area contributed by atoms with Gasteiger partial charge in [-0.2, -0.15) is 0 Å². The summed E-state index contributed by atoms with van der Waals surface area (Å²) >= 11 is 0. The van der Waals surface area contributed by atoms with Crippen LogP contribution in [0, 0.1) is 5.21 Å². The van der Waals surface area contributed by atoms with Crippen molar-refractivity contribution < 1.29 is 15.3 Å². The summed E-state index contributed by atoms with van der Waals surface area (Å²) in [5.41, 5.74) is 0. The van der Waals surface area contributed by atoms with Crippen molar-refractivity contribution in [3.8, 4) is 0 Å². The molecule has 0 spiro atoms. The Bertz CT molecular complexity index is 237. The summed E-state index contributed by atoms with van der Waals surface area (Å²) in [7, 11) is 0. The molecule has 0 radical (unpaired) electrons. The SMILES string of the molecule is CCCCCCCCCCCCCCCCCC[NH+]([O-])CC(O)O. The number of nitrogens with one attached hydrogen (secondary N) is 1. The lowest BCUT2D eigenvalue weighted by Crippen LogP contribution is -3.08. The van der Waals surface area contributed by atoms with E-state index in [0.29, 0.717) is 6.54 Å². The summed E-state index contributed by atoms with van der Waals surface area (Å²) in [5, 5.41) is 28.6. The number of hydroxylamine groups is 2. The van der Waals surface area contributed by atoms with Gasteiger partial charge in [-0.15, -0.1) is 0 Å².